The SMILES string of the molecule is Cc1ccc(S(=O)(=O)O)cc1CCC#CCCCCl. The standard InChI is InChI=1S/C14H17ClO3S/c1-12-8-9-14(19(16,17)18)11-13(12)7-5-3-2-4-6-10-15/h8-9,11H,4-7,10H2,1H3,(H,16,17,18). The van der Waals surface area contributed by atoms with Gasteiger partial charge in [0.15, 0.2) is 0 Å². The minimum absolute atomic E-state index is 0.0665. The van der Waals surface area contributed by atoms with Crippen molar-refractivity contribution in [3.05, 3.63) is 29.3 Å². The van der Waals surface area contributed by atoms with Crippen molar-refractivity contribution in [3.8, 4) is 11.8 Å². The van der Waals surface area contributed by atoms with Crippen molar-refractivity contribution in [2.75, 3.05) is 5.88 Å². The van der Waals surface area contributed by atoms with E-state index < -0.39 is 10.1 Å². The van der Waals surface area contributed by atoms with E-state index >= 15 is 0 Å². The molecule has 3 nitrogen and oxygen atoms in total. The van der Waals surface area contributed by atoms with Crippen LogP contribution in [-0.2, 0) is 16.5 Å². The van der Waals surface area contributed by atoms with Gasteiger partial charge in [-0.15, -0.1) is 23.4 Å². The van der Waals surface area contributed by atoms with E-state index in [-0.39, 0.29) is 4.90 Å². The summed E-state index contributed by atoms with van der Waals surface area (Å²) in [6, 6.07) is 4.60. The van der Waals surface area contributed by atoms with Crippen LogP contribution in [0.2, 0.25) is 0 Å². The van der Waals surface area contributed by atoms with Crippen LogP contribution in [0, 0.1) is 18.8 Å². The molecule has 0 aliphatic heterocycles. The van der Waals surface area contributed by atoms with Crippen LogP contribution in [0.5, 0.6) is 0 Å². The van der Waals surface area contributed by atoms with Crippen molar-refractivity contribution < 1.29 is 13.0 Å². The van der Waals surface area contributed by atoms with Gasteiger partial charge in [0.2, 0.25) is 0 Å². The minimum atomic E-state index is -4.14. The van der Waals surface area contributed by atoms with Crippen molar-refractivity contribution >= 4 is 21.7 Å². The summed E-state index contributed by atoms with van der Waals surface area (Å²) in [6.45, 7) is 1.91. The first-order chi connectivity index (χ1) is 8.95. The fraction of sp³-hybridized carbons (Fsp3) is 0.429. The maximum absolute atomic E-state index is 11.1. The summed E-state index contributed by atoms with van der Waals surface area (Å²) in [4.78, 5) is -0.0665. The Hall–Kier alpha value is -1.02. The van der Waals surface area contributed by atoms with Crippen LogP contribution in [0.1, 0.15) is 30.4 Å². The van der Waals surface area contributed by atoms with Gasteiger partial charge in [0.1, 0.15) is 0 Å². The molecular formula is C14H17ClO3S. The molecule has 0 spiro atoms. The van der Waals surface area contributed by atoms with Crippen molar-refractivity contribution in [1.29, 1.82) is 0 Å². The van der Waals surface area contributed by atoms with Gasteiger partial charge >= 0.3 is 0 Å². The molecule has 19 heavy (non-hydrogen) atoms. The quantitative estimate of drug-likeness (QED) is 0.393. The van der Waals surface area contributed by atoms with Crippen LogP contribution in [0.4, 0.5) is 0 Å². The third-order valence-electron chi connectivity index (χ3n) is 2.70. The van der Waals surface area contributed by atoms with Gasteiger partial charge in [-0.05, 0) is 43.0 Å². The second-order valence-corrected chi connectivity index (χ2v) is 6.01. The molecule has 0 heterocycles. The highest BCUT2D eigenvalue weighted by Gasteiger charge is 2.10. The fourth-order valence-corrected chi connectivity index (χ4v) is 2.27. The summed E-state index contributed by atoms with van der Waals surface area (Å²) in [5.74, 6) is 6.67. The van der Waals surface area contributed by atoms with Crippen molar-refractivity contribution in [2.24, 2.45) is 0 Å². The molecule has 1 rings (SSSR count). The van der Waals surface area contributed by atoms with E-state index in [9.17, 15) is 8.42 Å². The predicted molar refractivity (Wildman–Crippen MR) is 77.0 cm³/mol. The van der Waals surface area contributed by atoms with Gasteiger partial charge in [-0.25, -0.2) is 0 Å². The average molecular weight is 301 g/mol. The number of unbranched alkanes of at least 4 members (excludes halogenated alkanes) is 1. The van der Waals surface area contributed by atoms with Gasteiger partial charge < -0.3 is 0 Å². The van der Waals surface area contributed by atoms with Gasteiger partial charge in [-0.3, -0.25) is 4.55 Å². The molecule has 1 aromatic carbocycles. The van der Waals surface area contributed by atoms with Crippen molar-refractivity contribution in [1.82, 2.24) is 0 Å². The Balaban J connectivity index is 2.70. The van der Waals surface area contributed by atoms with Gasteiger partial charge in [0.25, 0.3) is 10.1 Å². The van der Waals surface area contributed by atoms with Crippen molar-refractivity contribution in [2.45, 2.75) is 37.5 Å². The highest BCUT2D eigenvalue weighted by Crippen LogP contribution is 2.16. The number of alkyl halides is 1. The molecule has 0 bridgehead atoms. The van der Waals surface area contributed by atoms with Crippen LogP contribution in [0.25, 0.3) is 0 Å². The Morgan fingerprint density at radius 1 is 1.26 bits per heavy atom. The number of hydrogen-bond acceptors (Lipinski definition) is 2. The highest BCUT2D eigenvalue weighted by atomic mass is 35.5. The lowest BCUT2D eigenvalue weighted by atomic mass is 10.0. The molecule has 0 aromatic heterocycles. The molecule has 104 valence electrons. The topological polar surface area (TPSA) is 54.4 Å². The average Bonchev–Trinajstić information content (AvgIpc) is 2.34. The molecule has 0 unspecified atom stereocenters. The third kappa shape index (κ3) is 5.65. The summed E-state index contributed by atoms with van der Waals surface area (Å²) < 4.78 is 31.1. The van der Waals surface area contributed by atoms with Crippen LogP contribution in [0.3, 0.4) is 0 Å². The summed E-state index contributed by atoms with van der Waals surface area (Å²) in [6.07, 6.45) is 3.00. The largest absolute Gasteiger partial charge is 0.294 e. The number of hydrogen-bond donors (Lipinski definition) is 1. The second-order valence-electron chi connectivity index (χ2n) is 4.21. The third-order valence-corrected chi connectivity index (χ3v) is 3.82. The lowest BCUT2D eigenvalue weighted by Crippen LogP contribution is -2.00. The summed E-state index contributed by atoms with van der Waals surface area (Å²) >= 11 is 5.54. The van der Waals surface area contributed by atoms with Crippen LogP contribution >= 0.6 is 11.6 Å². The van der Waals surface area contributed by atoms with E-state index in [4.69, 9.17) is 16.2 Å². The Bertz CT molecular complexity index is 582. The zero-order valence-electron chi connectivity index (χ0n) is 10.8. The number of halogens is 1. The lowest BCUT2D eigenvalue weighted by molar-refractivity contribution is 0.483. The predicted octanol–water partition coefficient (Wildman–Crippen LogP) is 3.20. The maximum atomic E-state index is 11.1. The molecule has 0 atom stereocenters. The van der Waals surface area contributed by atoms with Gasteiger partial charge in [0.05, 0.1) is 4.90 Å². The molecule has 0 saturated carbocycles. The van der Waals surface area contributed by atoms with E-state index in [0.717, 1.165) is 24.0 Å². The molecule has 0 saturated heterocycles. The molecule has 1 N–H and O–H groups in total. The summed E-state index contributed by atoms with van der Waals surface area (Å²) in [5.41, 5.74) is 1.89. The van der Waals surface area contributed by atoms with E-state index in [1.807, 2.05) is 6.92 Å². The van der Waals surface area contributed by atoms with Crippen LogP contribution in [-0.4, -0.2) is 18.9 Å². The second kappa shape index (κ2) is 7.54. The Labute approximate surface area is 119 Å². The minimum Gasteiger partial charge on any atom is -0.282 e. The molecule has 1 aromatic rings. The number of rotatable bonds is 5. The Kier molecular flexibility index (Phi) is 6.36. The summed E-state index contributed by atoms with van der Waals surface area (Å²) in [7, 11) is -4.14. The normalized spacial score (nSPS) is 10.9. The van der Waals surface area contributed by atoms with Crippen LogP contribution < -0.4 is 0 Å². The highest BCUT2D eigenvalue weighted by molar-refractivity contribution is 7.85. The zero-order chi connectivity index (χ0) is 14.3. The first-order valence-electron chi connectivity index (χ1n) is 6.04. The van der Waals surface area contributed by atoms with Crippen LogP contribution in [0.15, 0.2) is 23.1 Å². The van der Waals surface area contributed by atoms with E-state index in [1.165, 1.54) is 12.1 Å². The van der Waals surface area contributed by atoms with E-state index in [2.05, 4.69) is 11.8 Å². The Morgan fingerprint density at radius 2 is 1.95 bits per heavy atom. The van der Waals surface area contributed by atoms with E-state index in [0.29, 0.717) is 18.7 Å². The van der Waals surface area contributed by atoms with Gasteiger partial charge in [0, 0.05) is 18.7 Å². The molecule has 0 amide bonds. The summed E-state index contributed by atoms with van der Waals surface area (Å²) in [5, 5.41) is 0. The first-order valence-corrected chi connectivity index (χ1v) is 8.01. The fourth-order valence-electron chi connectivity index (χ4n) is 1.61. The van der Waals surface area contributed by atoms with Gasteiger partial charge in [-0.2, -0.15) is 8.42 Å². The number of aryl methyl sites for hydroxylation is 2. The van der Waals surface area contributed by atoms with Gasteiger partial charge in [-0.1, -0.05) is 6.07 Å². The molecule has 0 radical (unpaired) electrons. The Morgan fingerprint density at radius 3 is 2.58 bits per heavy atom. The molecule has 0 fully saturated rings. The monoisotopic (exact) mass is 300 g/mol. The zero-order valence-corrected chi connectivity index (χ0v) is 12.4. The molecular weight excluding hydrogens is 284 g/mol. The smallest absolute Gasteiger partial charge is 0.282 e. The van der Waals surface area contributed by atoms with Crippen molar-refractivity contribution in [3.63, 3.8) is 0 Å². The van der Waals surface area contributed by atoms with E-state index in [1.54, 1.807) is 6.07 Å². The number of benzene rings is 1. The molecule has 0 aliphatic rings. The lowest BCUT2D eigenvalue weighted by Gasteiger charge is -2.05. The first kappa shape index (κ1) is 16.0. The maximum Gasteiger partial charge on any atom is 0.294 e. The molecule has 5 heteroatoms. The molecule has 0 aliphatic carbocycles.